The van der Waals surface area contributed by atoms with Crippen LogP contribution in [-0.4, -0.2) is 0 Å². The molecule has 41 heavy (non-hydrogen) atoms. The second kappa shape index (κ2) is 10.3. The van der Waals surface area contributed by atoms with Gasteiger partial charge < -0.3 is 4.42 Å². The molecule has 2 heterocycles. The summed E-state index contributed by atoms with van der Waals surface area (Å²) in [6, 6.07) is 26.2. The van der Waals surface area contributed by atoms with Crippen LogP contribution >= 0.6 is 0 Å². The smallest absolute Gasteiger partial charge is 0.219 e. The summed E-state index contributed by atoms with van der Waals surface area (Å²) < 4.78 is 56.9. The normalized spacial score (nSPS) is 13.0. The Bertz CT molecular complexity index is 2010. The van der Waals surface area contributed by atoms with E-state index in [-0.39, 0.29) is 17.4 Å². The number of hydrogen-bond acceptors (Lipinski definition) is 1. The first-order valence-corrected chi connectivity index (χ1v) is 13.8. The fraction of sp³-hybridized carbons (Fsp3) is 0.216. The first kappa shape index (κ1) is 24.5. The second-order valence-corrected chi connectivity index (χ2v) is 11.9. The first-order valence-electron chi connectivity index (χ1n) is 14.8. The Hall–Kier alpha value is -4.31. The van der Waals surface area contributed by atoms with Crippen LogP contribution in [0, 0.1) is 24.0 Å². The highest BCUT2D eigenvalue weighted by Crippen LogP contribution is 2.42. The predicted octanol–water partition coefficient (Wildman–Crippen LogP) is 9.98. The lowest BCUT2D eigenvalue weighted by Crippen LogP contribution is -2.32. The molecule has 0 saturated heterocycles. The number of rotatable bonds is 5. The maximum absolute atomic E-state index is 15.7. The molecule has 4 aromatic carbocycles. The highest BCUT2D eigenvalue weighted by Gasteiger charge is 2.25. The Morgan fingerprint density at radius 1 is 0.756 bits per heavy atom. The first-order chi connectivity index (χ1) is 20.3. The van der Waals surface area contributed by atoms with E-state index < -0.39 is 18.0 Å². The molecule has 0 unspecified atom stereocenters. The fourth-order valence-corrected chi connectivity index (χ4v) is 5.41. The summed E-state index contributed by atoms with van der Waals surface area (Å²) in [5, 5.41) is 1.56. The summed E-state index contributed by atoms with van der Waals surface area (Å²) in [6.45, 7) is 7.75. The van der Waals surface area contributed by atoms with Gasteiger partial charge in [-0.05, 0) is 65.6 Å². The molecule has 2 nitrogen and oxygen atoms in total. The van der Waals surface area contributed by atoms with Crippen LogP contribution in [0.5, 0.6) is 0 Å². The summed E-state index contributed by atoms with van der Waals surface area (Å²) in [5.41, 5.74) is 5.81. The van der Waals surface area contributed by atoms with Gasteiger partial charge in [-0.1, -0.05) is 81.4 Å². The average Bonchev–Trinajstić information content (AvgIpc) is 3.31. The van der Waals surface area contributed by atoms with Gasteiger partial charge in [-0.25, -0.2) is 13.3 Å². The number of halogens is 2. The molecule has 0 aliphatic heterocycles. The molecule has 0 spiro atoms. The molecule has 0 amide bonds. The molecular weight excluding hydrogens is 512 g/mol. The Balaban J connectivity index is 1.55. The molecule has 2 aromatic heterocycles. The Labute approximate surface area is 242 Å². The van der Waals surface area contributed by atoms with Crippen LogP contribution in [-0.2, 0) is 13.4 Å². The number of aryl methyl sites for hydroxylation is 3. The minimum absolute atomic E-state index is 0.0192. The Morgan fingerprint density at radius 3 is 2.15 bits per heavy atom. The third kappa shape index (κ3) is 5.04. The SMILES string of the molecule is [2H]C([2H])(CC(C)(C)C)c1c[n+](C)c(-c2c(C)ccc3c2oc2c(-c4cccc(-c5ccccc5)c4)c(F)ccc23)cc1F. The van der Waals surface area contributed by atoms with Gasteiger partial charge in [0.05, 0.1) is 16.7 Å². The zero-order valence-corrected chi connectivity index (χ0v) is 24.0. The van der Waals surface area contributed by atoms with E-state index in [4.69, 9.17) is 7.16 Å². The molecule has 0 saturated carbocycles. The lowest BCUT2D eigenvalue weighted by Gasteiger charge is -2.17. The van der Waals surface area contributed by atoms with E-state index in [1.165, 1.54) is 18.3 Å². The third-order valence-corrected chi connectivity index (χ3v) is 7.51. The number of aromatic nitrogens is 1. The van der Waals surface area contributed by atoms with Crippen LogP contribution in [0.1, 0.15) is 41.1 Å². The number of benzene rings is 4. The number of nitrogens with zero attached hydrogens (tertiary/aromatic N) is 1. The van der Waals surface area contributed by atoms with E-state index >= 15 is 8.78 Å². The standard InChI is InChI=1S/C37H34F2NO/c1-23-14-15-28-29-16-17-30(38)34(26-13-9-12-25(20-26)24-10-7-6-8-11-24)36(29)41-35(28)33(23)32-21-31(39)27(22-40(32)5)18-19-37(2,3)4/h6-17,20-22H,18-19H2,1-5H3/q+1/i18D2. The molecule has 4 heteroatoms. The minimum Gasteiger partial charge on any atom is -0.454 e. The van der Waals surface area contributed by atoms with E-state index in [2.05, 4.69) is 0 Å². The van der Waals surface area contributed by atoms with Gasteiger partial charge in [0.2, 0.25) is 5.69 Å². The van der Waals surface area contributed by atoms with Gasteiger partial charge in [0.15, 0.2) is 6.20 Å². The largest absolute Gasteiger partial charge is 0.454 e. The van der Waals surface area contributed by atoms with E-state index in [1.54, 1.807) is 17.7 Å². The summed E-state index contributed by atoms with van der Waals surface area (Å²) >= 11 is 0. The van der Waals surface area contributed by atoms with Gasteiger partial charge in [0.1, 0.15) is 29.8 Å². The number of pyridine rings is 1. The van der Waals surface area contributed by atoms with Crippen molar-refractivity contribution in [3.05, 3.63) is 114 Å². The predicted molar refractivity (Wildman–Crippen MR) is 164 cm³/mol. The number of hydrogen-bond donors (Lipinski definition) is 0. The van der Waals surface area contributed by atoms with Gasteiger partial charge in [-0.2, -0.15) is 0 Å². The molecule has 0 aliphatic rings. The van der Waals surface area contributed by atoms with Crippen LogP contribution < -0.4 is 4.57 Å². The highest BCUT2D eigenvalue weighted by atomic mass is 19.1. The van der Waals surface area contributed by atoms with Gasteiger partial charge in [-0.15, -0.1) is 0 Å². The van der Waals surface area contributed by atoms with Gasteiger partial charge >= 0.3 is 0 Å². The Kier molecular flexibility index (Phi) is 6.13. The van der Waals surface area contributed by atoms with Gasteiger partial charge in [-0.3, -0.25) is 0 Å². The van der Waals surface area contributed by atoms with Crippen molar-refractivity contribution in [3.8, 4) is 33.5 Å². The molecule has 0 bridgehead atoms. The van der Waals surface area contributed by atoms with Gasteiger partial charge in [0, 0.05) is 19.6 Å². The van der Waals surface area contributed by atoms with Crippen LogP contribution in [0.25, 0.3) is 55.4 Å². The molecule has 0 radical (unpaired) electrons. The fourth-order valence-electron chi connectivity index (χ4n) is 5.41. The number of fused-ring (bicyclic) bond motifs is 3. The molecular formula is C37H34F2NO+. The molecule has 0 N–H and O–H groups in total. The lowest BCUT2D eigenvalue weighted by molar-refractivity contribution is -0.661. The van der Waals surface area contributed by atoms with Crippen molar-refractivity contribution in [1.82, 2.24) is 0 Å². The summed E-state index contributed by atoms with van der Waals surface area (Å²) in [6.07, 6.45) is -0.133. The molecule has 0 atom stereocenters. The van der Waals surface area contributed by atoms with Crippen LogP contribution in [0.4, 0.5) is 8.78 Å². The molecule has 0 aliphatic carbocycles. The monoisotopic (exact) mass is 548 g/mol. The van der Waals surface area contributed by atoms with E-state index in [1.807, 2.05) is 94.4 Å². The molecule has 6 aromatic rings. The van der Waals surface area contributed by atoms with Crippen molar-refractivity contribution < 1.29 is 20.5 Å². The van der Waals surface area contributed by atoms with Gasteiger partial charge in [0.25, 0.3) is 0 Å². The molecule has 6 rings (SSSR count). The van der Waals surface area contributed by atoms with E-state index in [0.29, 0.717) is 33.6 Å². The quantitative estimate of drug-likeness (QED) is 0.196. The zero-order chi connectivity index (χ0) is 30.7. The van der Waals surface area contributed by atoms with Crippen molar-refractivity contribution in [3.63, 3.8) is 0 Å². The van der Waals surface area contributed by atoms with Crippen LogP contribution in [0.2, 0.25) is 0 Å². The van der Waals surface area contributed by atoms with E-state index in [0.717, 1.165) is 27.5 Å². The summed E-state index contributed by atoms with van der Waals surface area (Å²) in [7, 11) is 1.78. The van der Waals surface area contributed by atoms with Crippen molar-refractivity contribution in [2.45, 2.75) is 40.5 Å². The summed E-state index contributed by atoms with van der Waals surface area (Å²) in [4.78, 5) is 0. The van der Waals surface area contributed by atoms with Crippen molar-refractivity contribution in [2.75, 3.05) is 0 Å². The highest BCUT2D eigenvalue weighted by molar-refractivity contribution is 6.13. The average molecular weight is 549 g/mol. The maximum Gasteiger partial charge on any atom is 0.219 e. The summed E-state index contributed by atoms with van der Waals surface area (Å²) in [5.74, 6) is -1.00. The number of furan rings is 1. The topological polar surface area (TPSA) is 17.0 Å². The maximum atomic E-state index is 15.7. The van der Waals surface area contributed by atoms with Crippen molar-refractivity contribution in [1.29, 1.82) is 0 Å². The lowest BCUT2D eigenvalue weighted by atomic mass is 9.89. The third-order valence-electron chi connectivity index (χ3n) is 7.51. The van der Waals surface area contributed by atoms with Crippen molar-refractivity contribution >= 4 is 21.9 Å². The van der Waals surface area contributed by atoms with Crippen molar-refractivity contribution in [2.24, 2.45) is 12.5 Å². The van der Waals surface area contributed by atoms with Crippen LogP contribution in [0.3, 0.4) is 0 Å². The molecule has 206 valence electrons. The van der Waals surface area contributed by atoms with E-state index in [9.17, 15) is 0 Å². The second-order valence-electron chi connectivity index (χ2n) is 11.9. The minimum atomic E-state index is -1.85. The van der Waals surface area contributed by atoms with Crippen LogP contribution in [0.15, 0.2) is 95.5 Å². The molecule has 0 fully saturated rings. The zero-order valence-electron chi connectivity index (χ0n) is 26.0. The Morgan fingerprint density at radius 2 is 1.41 bits per heavy atom.